The van der Waals surface area contributed by atoms with Crippen molar-refractivity contribution in [2.24, 2.45) is 4.99 Å². The number of aromatic nitrogens is 2. The number of imidazole rings is 1. The number of nitrogens with zero attached hydrogens (tertiary/aromatic N) is 3. The van der Waals surface area contributed by atoms with Crippen LogP contribution < -0.4 is 4.90 Å². The number of fused-ring (bicyclic) bond motifs is 1. The van der Waals surface area contributed by atoms with Gasteiger partial charge < -0.3 is 9.88 Å². The Hall–Kier alpha value is -2.95. The lowest BCUT2D eigenvalue weighted by Gasteiger charge is -2.32. The number of Topliss-reactive ketones (excluding diaryl/α,β-unsaturated/α-hetero) is 1. The summed E-state index contributed by atoms with van der Waals surface area (Å²) in [5.41, 5.74) is 4.40. The average Bonchev–Trinajstić information content (AvgIpc) is 3.10. The number of carbonyl (C=O) groups is 1. The topological polar surface area (TPSA) is 61.4 Å². The number of rotatable bonds is 2. The van der Waals surface area contributed by atoms with Crippen molar-refractivity contribution < 1.29 is 4.79 Å². The summed E-state index contributed by atoms with van der Waals surface area (Å²) in [6, 6.07) is 14.2. The van der Waals surface area contributed by atoms with Crippen molar-refractivity contribution in [3.05, 3.63) is 59.4 Å². The molecule has 1 aliphatic rings. The molecule has 0 aliphatic carbocycles. The van der Waals surface area contributed by atoms with Crippen LogP contribution in [0.4, 0.5) is 5.69 Å². The molecule has 0 spiro atoms. The number of para-hydroxylation sites is 2. The Balaban J connectivity index is 1.88. The quantitative estimate of drug-likeness (QED) is 0.746. The molecule has 1 fully saturated rings. The highest BCUT2D eigenvalue weighted by Crippen LogP contribution is 2.40. The molecule has 1 atom stereocenters. The minimum absolute atomic E-state index is 0.0984. The summed E-state index contributed by atoms with van der Waals surface area (Å²) < 4.78 is 0. The summed E-state index contributed by atoms with van der Waals surface area (Å²) in [7, 11) is 1.75. The van der Waals surface area contributed by atoms with Crippen molar-refractivity contribution in [1.82, 2.24) is 9.97 Å². The first-order valence-corrected chi connectivity index (χ1v) is 9.17. The van der Waals surface area contributed by atoms with Crippen LogP contribution in [-0.4, -0.2) is 34.2 Å². The zero-order valence-electron chi connectivity index (χ0n) is 16.4. The Morgan fingerprint density at radius 3 is 2.41 bits per heavy atom. The molecule has 1 N–H and O–H groups in total. The van der Waals surface area contributed by atoms with E-state index < -0.39 is 11.5 Å². The van der Waals surface area contributed by atoms with Gasteiger partial charge in [0.05, 0.1) is 11.0 Å². The van der Waals surface area contributed by atoms with E-state index in [1.807, 2.05) is 38.1 Å². The van der Waals surface area contributed by atoms with Crippen LogP contribution in [0.2, 0.25) is 0 Å². The second-order valence-electron chi connectivity index (χ2n) is 7.76. The van der Waals surface area contributed by atoms with Gasteiger partial charge in [-0.1, -0.05) is 18.2 Å². The molecular formula is C22H24N4O. The highest BCUT2D eigenvalue weighted by molar-refractivity contribution is 6.26. The van der Waals surface area contributed by atoms with Crippen molar-refractivity contribution in [3.63, 3.8) is 0 Å². The zero-order chi connectivity index (χ0) is 19.3. The molecule has 0 radical (unpaired) electrons. The van der Waals surface area contributed by atoms with Gasteiger partial charge in [-0.15, -0.1) is 0 Å². The maximum Gasteiger partial charge on any atom is 0.176 e. The van der Waals surface area contributed by atoms with Crippen LogP contribution >= 0.6 is 0 Å². The van der Waals surface area contributed by atoms with Crippen LogP contribution in [0.1, 0.15) is 36.7 Å². The van der Waals surface area contributed by atoms with Gasteiger partial charge in [-0.25, -0.2) is 4.98 Å². The monoisotopic (exact) mass is 360 g/mol. The molecule has 0 bridgehead atoms. The molecule has 1 aromatic heterocycles. The number of hydrogen-bond acceptors (Lipinski definition) is 3. The number of carbonyl (C=O) groups excluding carboxylic acids is 1. The van der Waals surface area contributed by atoms with Gasteiger partial charge >= 0.3 is 0 Å². The largest absolute Gasteiger partial charge is 0.341 e. The lowest BCUT2D eigenvalue weighted by Crippen LogP contribution is -2.44. The molecule has 3 aromatic rings. The zero-order valence-corrected chi connectivity index (χ0v) is 16.4. The fourth-order valence-corrected chi connectivity index (χ4v) is 4.12. The number of ketones is 1. The molecule has 0 saturated carbocycles. The van der Waals surface area contributed by atoms with Crippen LogP contribution in [0.3, 0.4) is 0 Å². The van der Waals surface area contributed by atoms with E-state index in [2.05, 4.69) is 51.9 Å². The van der Waals surface area contributed by atoms with E-state index in [0.29, 0.717) is 5.82 Å². The van der Waals surface area contributed by atoms with Gasteiger partial charge in [0.2, 0.25) is 0 Å². The molecule has 5 nitrogen and oxygen atoms in total. The third-order valence-corrected chi connectivity index (χ3v) is 5.29. The number of hydrogen-bond donors (Lipinski definition) is 1. The fourth-order valence-electron chi connectivity index (χ4n) is 4.12. The third kappa shape index (κ3) is 2.65. The molecule has 0 amide bonds. The molecule has 1 unspecified atom stereocenters. The lowest BCUT2D eigenvalue weighted by molar-refractivity contribution is -0.121. The van der Waals surface area contributed by atoms with Crippen molar-refractivity contribution in [1.29, 1.82) is 0 Å². The van der Waals surface area contributed by atoms with E-state index in [0.717, 1.165) is 33.7 Å². The molecule has 27 heavy (non-hydrogen) atoms. The van der Waals surface area contributed by atoms with E-state index in [4.69, 9.17) is 0 Å². The second-order valence-corrected chi connectivity index (χ2v) is 7.76. The number of aromatic amines is 1. The molecular weight excluding hydrogens is 336 g/mol. The third-order valence-electron chi connectivity index (χ3n) is 5.29. The number of H-pyrrole nitrogens is 1. The Morgan fingerprint density at radius 2 is 1.78 bits per heavy atom. The minimum Gasteiger partial charge on any atom is -0.341 e. The lowest BCUT2D eigenvalue weighted by atomic mass is 9.93. The highest BCUT2D eigenvalue weighted by Gasteiger charge is 2.53. The molecule has 1 aliphatic heterocycles. The van der Waals surface area contributed by atoms with Gasteiger partial charge in [0.15, 0.2) is 5.78 Å². The normalized spacial score (nSPS) is 20.8. The molecule has 5 heteroatoms. The van der Waals surface area contributed by atoms with Gasteiger partial charge in [0.25, 0.3) is 0 Å². The van der Waals surface area contributed by atoms with E-state index >= 15 is 0 Å². The van der Waals surface area contributed by atoms with E-state index in [9.17, 15) is 4.79 Å². The van der Waals surface area contributed by atoms with Gasteiger partial charge in [0.1, 0.15) is 23.1 Å². The standard InChI is InChI=1S/C22H24N4O/c1-13-10-14(2)12-15(11-13)26-21(23-5)18(19(27)22(26,3)4)20-24-16-8-6-7-9-17(16)25-20/h6-12,18H,1-5H3,(H,24,25). The van der Waals surface area contributed by atoms with E-state index in [-0.39, 0.29) is 5.78 Å². The fraction of sp³-hybridized carbons (Fsp3) is 0.318. The molecule has 1 saturated heterocycles. The summed E-state index contributed by atoms with van der Waals surface area (Å²) >= 11 is 0. The predicted molar refractivity (Wildman–Crippen MR) is 110 cm³/mol. The summed E-state index contributed by atoms with van der Waals surface area (Å²) in [6.45, 7) is 8.06. The van der Waals surface area contributed by atoms with E-state index in [1.165, 1.54) is 0 Å². The molecule has 4 rings (SSSR count). The maximum absolute atomic E-state index is 13.4. The first kappa shape index (κ1) is 17.5. The smallest absolute Gasteiger partial charge is 0.176 e. The SMILES string of the molecule is CN=C1C(c2nc3ccccc3[nH]2)C(=O)C(C)(C)N1c1cc(C)cc(C)c1. The number of benzene rings is 2. The number of aryl methyl sites for hydroxylation is 2. The van der Waals surface area contributed by atoms with Crippen LogP contribution in [0.5, 0.6) is 0 Å². The highest BCUT2D eigenvalue weighted by atomic mass is 16.1. The number of aliphatic imine (C=N–C) groups is 1. The molecule has 2 aromatic carbocycles. The molecule has 138 valence electrons. The van der Waals surface area contributed by atoms with Gasteiger partial charge in [0, 0.05) is 12.7 Å². The summed E-state index contributed by atoms with van der Waals surface area (Å²) in [5.74, 6) is 0.982. The number of anilines is 1. The number of amidine groups is 1. The van der Waals surface area contributed by atoms with Crippen LogP contribution in [0.25, 0.3) is 11.0 Å². The summed E-state index contributed by atoms with van der Waals surface area (Å²) in [4.78, 5) is 28.1. The van der Waals surface area contributed by atoms with Crippen LogP contribution in [-0.2, 0) is 4.79 Å². The second kappa shape index (κ2) is 6.05. The molecule has 2 heterocycles. The van der Waals surface area contributed by atoms with Gasteiger partial charge in [-0.05, 0) is 63.1 Å². The Labute approximate surface area is 159 Å². The van der Waals surface area contributed by atoms with Gasteiger partial charge in [-0.2, -0.15) is 0 Å². The van der Waals surface area contributed by atoms with Crippen molar-refractivity contribution >= 4 is 28.3 Å². The van der Waals surface area contributed by atoms with Crippen molar-refractivity contribution in [2.75, 3.05) is 11.9 Å². The maximum atomic E-state index is 13.4. The van der Waals surface area contributed by atoms with Crippen LogP contribution in [0, 0.1) is 13.8 Å². The Bertz CT molecular complexity index is 1020. The minimum atomic E-state index is -0.710. The average molecular weight is 360 g/mol. The first-order chi connectivity index (χ1) is 12.8. The Kier molecular flexibility index (Phi) is 3.91. The summed E-state index contributed by atoms with van der Waals surface area (Å²) in [6.07, 6.45) is 0. The van der Waals surface area contributed by atoms with Crippen molar-refractivity contribution in [2.45, 2.75) is 39.2 Å². The summed E-state index contributed by atoms with van der Waals surface area (Å²) in [5, 5.41) is 0. The van der Waals surface area contributed by atoms with Gasteiger partial charge in [-0.3, -0.25) is 9.79 Å². The van der Waals surface area contributed by atoms with Crippen LogP contribution in [0.15, 0.2) is 47.5 Å². The first-order valence-electron chi connectivity index (χ1n) is 9.17. The number of nitrogens with one attached hydrogen (secondary N) is 1. The predicted octanol–water partition coefficient (Wildman–Crippen LogP) is 4.16. The Morgan fingerprint density at radius 1 is 1.11 bits per heavy atom. The van der Waals surface area contributed by atoms with E-state index in [1.54, 1.807) is 7.05 Å². The van der Waals surface area contributed by atoms with Crippen molar-refractivity contribution in [3.8, 4) is 0 Å².